The van der Waals surface area contributed by atoms with Crippen molar-refractivity contribution in [1.29, 1.82) is 0 Å². The molecule has 1 unspecified atom stereocenters. The molecule has 2 aromatic rings. The van der Waals surface area contributed by atoms with Gasteiger partial charge in [-0.1, -0.05) is 19.1 Å². The molecule has 0 bridgehead atoms. The smallest absolute Gasteiger partial charge is 0.137 e. The zero-order valence-corrected chi connectivity index (χ0v) is 11.8. The fraction of sp³-hybridized carbons (Fsp3) is 0.231. The predicted octanol–water partition coefficient (Wildman–Crippen LogP) is 4.26. The van der Waals surface area contributed by atoms with Crippen molar-refractivity contribution in [1.82, 2.24) is 0 Å². The first-order chi connectivity index (χ1) is 8.13. The fourth-order valence-corrected chi connectivity index (χ4v) is 3.15. The highest BCUT2D eigenvalue weighted by molar-refractivity contribution is 9.10. The van der Waals surface area contributed by atoms with Crippen LogP contribution in [0.2, 0.25) is 0 Å². The van der Waals surface area contributed by atoms with Crippen LogP contribution in [0.1, 0.15) is 28.3 Å². The highest BCUT2D eigenvalue weighted by Crippen LogP contribution is 2.32. The van der Waals surface area contributed by atoms with Crippen LogP contribution in [0.4, 0.5) is 4.39 Å². The van der Waals surface area contributed by atoms with Crippen molar-refractivity contribution in [3.8, 4) is 0 Å². The van der Waals surface area contributed by atoms with Crippen molar-refractivity contribution in [3.63, 3.8) is 0 Å². The minimum atomic E-state index is -0.273. The van der Waals surface area contributed by atoms with E-state index in [-0.39, 0.29) is 11.9 Å². The molecule has 0 aliphatic carbocycles. The first-order valence-corrected chi connectivity index (χ1v) is 7.02. The second kappa shape index (κ2) is 5.29. The Bertz CT molecular complexity index is 524. The van der Waals surface area contributed by atoms with Crippen molar-refractivity contribution < 1.29 is 4.39 Å². The van der Waals surface area contributed by atoms with E-state index in [1.807, 2.05) is 12.1 Å². The zero-order valence-electron chi connectivity index (χ0n) is 9.41. The number of aryl methyl sites for hydroxylation is 1. The second-order valence-electron chi connectivity index (χ2n) is 3.78. The molecule has 1 aromatic carbocycles. The van der Waals surface area contributed by atoms with Crippen molar-refractivity contribution >= 4 is 27.3 Å². The van der Waals surface area contributed by atoms with E-state index in [2.05, 4.69) is 28.9 Å². The Morgan fingerprint density at radius 3 is 2.76 bits per heavy atom. The van der Waals surface area contributed by atoms with Gasteiger partial charge in [0.2, 0.25) is 0 Å². The van der Waals surface area contributed by atoms with Gasteiger partial charge in [0.15, 0.2) is 0 Å². The fourth-order valence-electron chi connectivity index (χ4n) is 1.67. The van der Waals surface area contributed by atoms with Crippen LogP contribution >= 0.6 is 27.3 Å². The van der Waals surface area contributed by atoms with E-state index >= 15 is 0 Å². The van der Waals surface area contributed by atoms with Gasteiger partial charge in [-0.2, -0.15) is 0 Å². The maximum atomic E-state index is 13.4. The third-order valence-electron chi connectivity index (χ3n) is 2.65. The lowest BCUT2D eigenvalue weighted by Crippen LogP contribution is -2.11. The Morgan fingerprint density at radius 1 is 1.35 bits per heavy atom. The third-order valence-corrected chi connectivity index (χ3v) is 4.80. The molecule has 1 aromatic heterocycles. The van der Waals surface area contributed by atoms with E-state index in [0.29, 0.717) is 4.47 Å². The summed E-state index contributed by atoms with van der Waals surface area (Å²) in [5, 5.41) is 0. The van der Waals surface area contributed by atoms with Gasteiger partial charge in [0.25, 0.3) is 0 Å². The Kier molecular flexibility index (Phi) is 3.97. The molecule has 2 rings (SSSR count). The van der Waals surface area contributed by atoms with Crippen molar-refractivity contribution in [3.05, 3.63) is 55.9 Å². The summed E-state index contributed by atoms with van der Waals surface area (Å²) < 4.78 is 13.9. The molecule has 0 saturated carbocycles. The van der Waals surface area contributed by atoms with Crippen molar-refractivity contribution in [2.75, 3.05) is 0 Å². The molecule has 1 heterocycles. The number of halogens is 2. The summed E-state index contributed by atoms with van der Waals surface area (Å²) in [5.41, 5.74) is 6.95. The number of nitrogens with two attached hydrogens (primary N) is 1. The predicted molar refractivity (Wildman–Crippen MR) is 73.8 cm³/mol. The van der Waals surface area contributed by atoms with Gasteiger partial charge in [-0.15, -0.1) is 11.3 Å². The van der Waals surface area contributed by atoms with Crippen LogP contribution in [0.15, 0.2) is 34.8 Å². The van der Waals surface area contributed by atoms with Crippen molar-refractivity contribution in [2.24, 2.45) is 5.73 Å². The summed E-state index contributed by atoms with van der Waals surface area (Å²) in [5.74, 6) is -0.273. The van der Waals surface area contributed by atoms with Crippen LogP contribution < -0.4 is 5.73 Å². The first kappa shape index (κ1) is 12.7. The molecule has 1 atom stereocenters. The van der Waals surface area contributed by atoms with Gasteiger partial charge in [0.05, 0.1) is 10.5 Å². The number of hydrogen-bond acceptors (Lipinski definition) is 2. The van der Waals surface area contributed by atoms with E-state index in [4.69, 9.17) is 5.73 Å². The molecule has 0 saturated heterocycles. The standard InChI is InChI=1S/C13H13BrFNS/c1-2-8-6-7-11(17-8)13(16)9-4-3-5-10(15)12(9)14/h3-7,13H,2,16H2,1H3. The molecule has 0 amide bonds. The summed E-state index contributed by atoms with van der Waals surface area (Å²) in [6.07, 6.45) is 1.00. The van der Waals surface area contributed by atoms with Crippen molar-refractivity contribution in [2.45, 2.75) is 19.4 Å². The number of benzene rings is 1. The largest absolute Gasteiger partial charge is 0.320 e. The molecule has 0 spiro atoms. The summed E-state index contributed by atoms with van der Waals surface area (Å²) in [6, 6.07) is 8.78. The van der Waals surface area contributed by atoms with Crippen LogP contribution in [0, 0.1) is 5.82 Å². The average molecular weight is 314 g/mol. The molecule has 1 nitrogen and oxygen atoms in total. The minimum absolute atomic E-state index is 0.273. The number of thiophene rings is 1. The number of rotatable bonds is 3. The molecule has 90 valence electrons. The van der Waals surface area contributed by atoms with Gasteiger partial charge in [-0.05, 0) is 46.1 Å². The normalized spacial score (nSPS) is 12.7. The monoisotopic (exact) mass is 313 g/mol. The van der Waals surface area contributed by atoms with Crippen LogP contribution in [0.5, 0.6) is 0 Å². The molecule has 2 N–H and O–H groups in total. The summed E-state index contributed by atoms with van der Waals surface area (Å²) in [7, 11) is 0. The van der Waals surface area contributed by atoms with E-state index in [1.54, 1.807) is 17.4 Å². The van der Waals surface area contributed by atoms with Crippen LogP contribution in [0.3, 0.4) is 0 Å². The maximum absolute atomic E-state index is 13.4. The Hall–Kier alpha value is -0.710. The molecule has 0 fully saturated rings. The summed E-state index contributed by atoms with van der Waals surface area (Å²) in [4.78, 5) is 2.36. The van der Waals surface area contributed by atoms with Gasteiger partial charge in [0, 0.05) is 9.75 Å². The Balaban J connectivity index is 2.36. The van der Waals surface area contributed by atoms with Gasteiger partial charge in [-0.3, -0.25) is 0 Å². The first-order valence-electron chi connectivity index (χ1n) is 5.41. The van der Waals surface area contributed by atoms with E-state index in [1.165, 1.54) is 10.9 Å². The third kappa shape index (κ3) is 2.59. The SMILES string of the molecule is CCc1ccc(C(N)c2cccc(F)c2Br)s1. The van der Waals surface area contributed by atoms with Crippen LogP contribution in [0.25, 0.3) is 0 Å². The zero-order chi connectivity index (χ0) is 12.4. The maximum Gasteiger partial charge on any atom is 0.137 e. The molecule has 17 heavy (non-hydrogen) atoms. The molecule has 0 aliphatic rings. The van der Waals surface area contributed by atoms with E-state index in [9.17, 15) is 4.39 Å². The molecular formula is C13H13BrFNS. The molecule has 0 radical (unpaired) electrons. The number of hydrogen-bond donors (Lipinski definition) is 1. The topological polar surface area (TPSA) is 26.0 Å². The average Bonchev–Trinajstić information content (AvgIpc) is 2.80. The van der Waals surface area contributed by atoms with Crippen LogP contribution in [-0.2, 0) is 6.42 Å². The Labute approximate surface area is 113 Å². The summed E-state index contributed by atoms with van der Waals surface area (Å²) in [6.45, 7) is 2.11. The van der Waals surface area contributed by atoms with Gasteiger partial charge < -0.3 is 5.73 Å². The molecule has 4 heteroatoms. The lowest BCUT2D eigenvalue weighted by atomic mass is 10.1. The second-order valence-corrected chi connectivity index (χ2v) is 5.77. The van der Waals surface area contributed by atoms with E-state index < -0.39 is 0 Å². The highest BCUT2D eigenvalue weighted by atomic mass is 79.9. The lowest BCUT2D eigenvalue weighted by molar-refractivity contribution is 0.616. The van der Waals surface area contributed by atoms with E-state index in [0.717, 1.165) is 16.9 Å². The lowest BCUT2D eigenvalue weighted by Gasteiger charge is -2.12. The van der Waals surface area contributed by atoms with Gasteiger partial charge >= 0.3 is 0 Å². The Morgan fingerprint density at radius 2 is 2.12 bits per heavy atom. The van der Waals surface area contributed by atoms with Crippen LogP contribution in [-0.4, -0.2) is 0 Å². The summed E-state index contributed by atoms with van der Waals surface area (Å²) >= 11 is 4.93. The highest BCUT2D eigenvalue weighted by Gasteiger charge is 2.16. The minimum Gasteiger partial charge on any atom is -0.320 e. The van der Waals surface area contributed by atoms with Gasteiger partial charge in [-0.25, -0.2) is 4.39 Å². The molecule has 0 aliphatic heterocycles. The van der Waals surface area contributed by atoms with Gasteiger partial charge in [0.1, 0.15) is 5.82 Å². The molecular weight excluding hydrogens is 301 g/mol. The quantitative estimate of drug-likeness (QED) is 0.900.